The van der Waals surface area contributed by atoms with E-state index in [0.29, 0.717) is 11.2 Å². The molecule has 2 rings (SSSR count). The Morgan fingerprint density at radius 3 is 2.62 bits per heavy atom. The van der Waals surface area contributed by atoms with Gasteiger partial charge in [-0.2, -0.15) is 0 Å². The highest BCUT2D eigenvalue weighted by Crippen LogP contribution is 2.44. The van der Waals surface area contributed by atoms with E-state index in [0.717, 1.165) is 11.8 Å². The maximum absolute atomic E-state index is 9.16. The second-order valence-corrected chi connectivity index (χ2v) is 6.33. The average Bonchev–Trinajstić information content (AvgIpc) is 2.78. The van der Waals surface area contributed by atoms with Gasteiger partial charge in [-0.3, -0.25) is 0 Å². The van der Waals surface area contributed by atoms with E-state index in [-0.39, 0.29) is 12.1 Å². The molecule has 3 N–H and O–H groups in total. The summed E-state index contributed by atoms with van der Waals surface area (Å²) in [6, 6.07) is 0.563. The maximum atomic E-state index is 9.16. The molecule has 0 aromatic rings. The molecule has 3 nitrogen and oxygen atoms in total. The van der Waals surface area contributed by atoms with Crippen molar-refractivity contribution in [2.75, 3.05) is 6.61 Å². The summed E-state index contributed by atoms with van der Waals surface area (Å²) in [6.45, 7) is 3.98. The number of thiocarbonyl (C=S) groups is 1. The van der Waals surface area contributed by atoms with Crippen molar-refractivity contribution in [3.8, 4) is 0 Å². The zero-order valence-corrected chi connectivity index (χ0v) is 10.9. The topological polar surface area (TPSA) is 44.3 Å². The average molecular weight is 242 g/mol. The first-order chi connectivity index (χ1) is 7.50. The molecule has 0 aromatic carbocycles. The predicted molar refractivity (Wildman–Crippen MR) is 69.3 cm³/mol. The van der Waals surface area contributed by atoms with Gasteiger partial charge >= 0.3 is 0 Å². The third-order valence-corrected chi connectivity index (χ3v) is 4.12. The minimum absolute atomic E-state index is 0.0888. The lowest BCUT2D eigenvalue weighted by Crippen LogP contribution is -2.53. The van der Waals surface area contributed by atoms with Crippen LogP contribution in [0.2, 0.25) is 0 Å². The first-order valence-corrected chi connectivity index (χ1v) is 6.60. The Bertz CT molecular complexity index is 280. The number of rotatable bonds is 3. The summed E-state index contributed by atoms with van der Waals surface area (Å²) in [5, 5.41) is 16.4. The monoisotopic (exact) mass is 242 g/mol. The van der Waals surface area contributed by atoms with E-state index in [1.807, 2.05) is 13.8 Å². The van der Waals surface area contributed by atoms with Crippen LogP contribution >= 0.6 is 12.2 Å². The zero-order chi connectivity index (χ0) is 11.8. The van der Waals surface area contributed by atoms with Crippen molar-refractivity contribution in [1.82, 2.24) is 10.6 Å². The van der Waals surface area contributed by atoms with Gasteiger partial charge < -0.3 is 15.7 Å². The molecule has 0 aromatic heterocycles. The first-order valence-electron chi connectivity index (χ1n) is 6.20. The molecule has 2 saturated carbocycles. The number of hydrogen-bond acceptors (Lipinski definition) is 2. The van der Waals surface area contributed by atoms with Crippen LogP contribution in [0.4, 0.5) is 0 Å². The highest BCUT2D eigenvalue weighted by Gasteiger charge is 2.39. The standard InChI is InChI=1S/C12H22N2OS/c1-12(2,7-15)14-11(16)13-10-6-8-3-4-9(10)5-8/h8-10,15H,3-7H2,1-2H3,(H2,13,14,16). The number of fused-ring (bicyclic) bond motifs is 2. The van der Waals surface area contributed by atoms with Crippen LogP contribution in [0.1, 0.15) is 39.5 Å². The summed E-state index contributed by atoms with van der Waals surface area (Å²) < 4.78 is 0. The molecule has 0 saturated heterocycles. The Morgan fingerprint density at radius 1 is 1.38 bits per heavy atom. The third-order valence-electron chi connectivity index (χ3n) is 3.90. The van der Waals surface area contributed by atoms with Crippen molar-refractivity contribution >= 4 is 17.3 Å². The molecule has 0 heterocycles. The SMILES string of the molecule is CC(C)(CO)NC(=S)NC1CC2CCC1C2. The summed E-state index contributed by atoms with van der Waals surface area (Å²) in [5.74, 6) is 1.75. The third kappa shape index (κ3) is 2.66. The van der Waals surface area contributed by atoms with Crippen LogP contribution in [0.15, 0.2) is 0 Å². The molecular weight excluding hydrogens is 220 g/mol. The van der Waals surface area contributed by atoms with Gasteiger partial charge in [0.15, 0.2) is 5.11 Å². The summed E-state index contributed by atoms with van der Waals surface area (Å²) >= 11 is 5.29. The van der Waals surface area contributed by atoms with Crippen LogP contribution in [-0.4, -0.2) is 28.4 Å². The van der Waals surface area contributed by atoms with Crippen LogP contribution in [0.5, 0.6) is 0 Å². The molecule has 0 radical (unpaired) electrons. The fourth-order valence-electron chi connectivity index (χ4n) is 2.97. The Morgan fingerprint density at radius 2 is 2.12 bits per heavy atom. The molecule has 0 aliphatic heterocycles. The second-order valence-electron chi connectivity index (χ2n) is 5.92. The molecule has 2 aliphatic rings. The first kappa shape index (κ1) is 12.1. The van der Waals surface area contributed by atoms with Crippen molar-refractivity contribution < 1.29 is 5.11 Å². The Labute approximate surface area is 103 Å². The van der Waals surface area contributed by atoms with Gasteiger partial charge in [0.25, 0.3) is 0 Å². The summed E-state index contributed by atoms with van der Waals surface area (Å²) in [4.78, 5) is 0. The molecule has 3 unspecified atom stereocenters. The van der Waals surface area contributed by atoms with E-state index in [9.17, 15) is 0 Å². The van der Waals surface area contributed by atoms with Gasteiger partial charge in [0.1, 0.15) is 0 Å². The van der Waals surface area contributed by atoms with E-state index in [2.05, 4.69) is 10.6 Å². The largest absolute Gasteiger partial charge is 0.394 e. The van der Waals surface area contributed by atoms with Crippen molar-refractivity contribution in [3.63, 3.8) is 0 Å². The van der Waals surface area contributed by atoms with Crippen molar-refractivity contribution in [1.29, 1.82) is 0 Å². The molecule has 2 fully saturated rings. The second kappa shape index (κ2) is 4.49. The van der Waals surface area contributed by atoms with E-state index in [4.69, 9.17) is 17.3 Å². The van der Waals surface area contributed by atoms with Crippen molar-refractivity contribution in [3.05, 3.63) is 0 Å². The van der Waals surface area contributed by atoms with E-state index in [1.165, 1.54) is 25.7 Å². The Kier molecular flexibility index (Phi) is 3.40. The number of aliphatic hydroxyl groups is 1. The number of hydrogen-bond donors (Lipinski definition) is 3. The molecule has 4 heteroatoms. The Balaban J connectivity index is 1.80. The van der Waals surface area contributed by atoms with Gasteiger partial charge in [-0.05, 0) is 57.2 Å². The minimum Gasteiger partial charge on any atom is -0.394 e. The van der Waals surface area contributed by atoms with Gasteiger partial charge in [-0.1, -0.05) is 6.42 Å². The lowest BCUT2D eigenvalue weighted by atomic mass is 9.95. The van der Waals surface area contributed by atoms with Crippen molar-refractivity contribution in [2.45, 2.75) is 51.1 Å². The van der Waals surface area contributed by atoms with Crippen LogP contribution in [0.3, 0.4) is 0 Å². The molecule has 0 spiro atoms. The highest BCUT2D eigenvalue weighted by molar-refractivity contribution is 7.80. The number of aliphatic hydroxyl groups excluding tert-OH is 1. The quantitative estimate of drug-likeness (QED) is 0.655. The lowest BCUT2D eigenvalue weighted by Gasteiger charge is -2.29. The minimum atomic E-state index is -0.332. The fourth-order valence-corrected chi connectivity index (χ4v) is 3.40. The fraction of sp³-hybridized carbons (Fsp3) is 0.917. The van der Waals surface area contributed by atoms with Gasteiger partial charge in [0.05, 0.1) is 12.1 Å². The number of nitrogens with one attached hydrogen (secondary N) is 2. The lowest BCUT2D eigenvalue weighted by molar-refractivity contribution is 0.205. The predicted octanol–water partition coefficient (Wildman–Crippen LogP) is 1.41. The van der Waals surface area contributed by atoms with Crippen LogP contribution in [0, 0.1) is 11.8 Å². The molecular formula is C12H22N2OS. The summed E-state index contributed by atoms with van der Waals surface area (Å²) in [5.41, 5.74) is -0.332. The molecule has 2 aliphatic carbocycles. The smallest absolute Gasteiger partial charge is 0.167 e. The molecule has 16 heavy (non-hydrogen) atoms. The highest BCUT2D eigenvalue weighted by atomic mass is 32.1. The van der Waals surface area contributed by atoms with Crippen molar-refractivity contribution in [2.24, 2.45) is 11.8 Å². The van der Waals surface area contributed by atoms with Gasteiger partial charge in [0, 0.05) is 6.04 Å². The molecule has 0 amide bonds. The Hall–Kier alpha value is -0.350. The van der Waals surface area contributed by atoms with Crippen LogP contribution in [0.25, 0.3) is 0 Å². The van der Waals surface area contributed by atoms with Crippen LogP contribution in [-0.2, 0) is 0 Å². The van der Waals surface area contributed by atoms with Gasteiger partial charge in [-0.15, -0.1) is 0 Å². The van der Waals surface area contributed by atoms with Gasteiger partial charge in [0.2, 0.25) is 0 Å². The normalized spacial score (nSPS) is 32.8. The zero-order valence-electron chi connectivity index (χ0n) is 10.1. The summed E-state index contributed by atoms with van der Waals surface area (Å²) in [7, 11) is 0. The molecule has 92 valence electrons. The van der Waals surface area contributed by atoms with E-state index in [1.54, 1.807) is 0 Å². The van der Waals surface area contributed by atoms with Crippen LogP contribution < -0.4 is 10.6 Å². The summed E-state index contributed by atoms with van der Waals surface area (Å²) in [6.07, 6.45) is 5.41. The van der Waals surface area contributed by atoms with E-state index < -0.39 is 0 Å². The van der Waals surface area contributed by atoms with E-state index >= 15 is 0 Å². The maximum Gasteiger partial charge on any atom is 0.167 e. The van der Waals surface area contributed by atoms with Gasteiger partial charge in [-0.25, -0.2) is 0 Å². The molecule has 3 atom stereocenters. The molecule has 2 bridgehead atoms.